The van der Waals surface area contributed by atoms with Crippen LogP contribution in [-0.2, 0) is 19.0 Å². The molecule has 0 N–H and O–H groups in total. The molecule has 10 atom stereocenters. The van der Waals surface area contributed by atoms with E-state index in [9.17, 15) is 14.4 Å². The number of allylic oxidation sites excluding steroid dienone is 1. The van der Waals surface area contributed by atoms with Crippen LogP contribution >= 0.6 is 0 Å². The topological polar surface area (TPSA) is 78.9 Å². The zero-order valence-electron chi connectivity index (χ0n) is 30.2. The smallest absolute Gasteiger partial charge is 0.339 e. The molecular weight excluding hydrogens is 588 g/mol. The highest BCUT2D eigenvalue weighted by Gasteiger charge is 2.71. The third kappa shape index (κ3) is 5.04. The summed E-state index contributed by atoms with van der Waals surface area (Å²) < 4.78 is 17.1. The zero-order chi connectivity index (χ0) is 34.2. The lowest BCUT2D eigenvalue weighted by molar-refractivity contribution is -0.251. The third-order valence-electron chi connectivity index (χ3n) is 15.5. The summed E-state index contributed by atoms with van der Waals surface area (Å²) in [7, 11) is 1.33. The number of rotatable bonds is 6. The van der Waals surface area contributed by atoms with Crippen LogP contribution in [0.15, 0.2) is 36.4 Å². The Hall–Kier alpha value is -2.63. The fraction of sp³-hybridized carbons (Fsp3) is 0.732. The standard InChI is InChI=1S/C41H58O6/c1-25(2)27-16-21-41(24-46-36(44)29-13-11-10-12-28(29)35(43)45-9)23-22-39(7)30(34(27)41)14-15-32-38(6)19-18-33(47-26(3)42)37(4,5)31(38)17-20-40(32,39)8/h10-13,27,30-34H,1,14-24H2,2-9H3/t27-,30?,31+,32+,33+,34-,38-,39-,40-,41+/m1/s1. The van der Waals surface area contributed by atoms with Crippen LogP contribution < -0.4 is 0 Å². The molecule has 6 heteroatoms. The molecule has 1 unspecified atom stereocenters. The van der Waals surface area contributed by atoms with Gasteiger partial charge in [-0.15, -0.1) is 0 Å². The largest absolute Gasteiger partial charge is 0.465 e. The minimum Gasteiger partial charge on any atom is -0.465 e. The van der Waals surface area contributed by atoms with Gasteiger partial charge in [-0.1, -0.05) is 58.9 Å². The molecule has 0 amide bonds. The molecule has 0 aliphatic heterocycles. The van der Waals surface area contributed by atoms with E-state index in [0.717, 1.165) is 38.5 Å². The summed E-state index contributed by atoms with van der Waals surface area (Å²) in [4.78, 5) is 38.0. The van der Waals surface area contributed by atoms with Crippen LogP contribution in [0, 0.1) is 56.7 Å². The second-order valence-corrected chi connectivity index (χ2v) is 17.6. The molecule has 47 heavy (non-hydrogen) atoms. The predicted octanol–water partition coefficient (Wildman–Crippen LogP) is 9.22. The summed E-state index contributed by atoms with van der Waals surface area (Å²) in [5.41, 5.74) is 2.23. The minimum atomic E-state index is -0.526. The molecule has 258 valence electrons. The van der Waals surface area contributed by atoms with Gasteiger partial charge in [-0.25, -0.2) is 9.59 Å². The number of methoxy groups -OCH3 is 1. The fourth-order valence-electron chi connectivity index (χ4n) is 13.2. The second kappa shape index (κ2) is 11.8. The van der Waals surface area contributed by atoms with Crippen LogP contribution in [0.3, 0.4) is 0 Å². The molecule has 1 aromatic rings. The molecule has 6 nitrogen and oxygen atoms in total. The van der Waals surface area contributed by atoms with E-state index >= 15 is 0 Å². The summed E-state index contributed by atoms with van der Waals surface area (Å²) in [6.45, 7) is 21.2. The number of ether oxygens (including phenoxy) is 3. The molecule has 0 radical (unpaired) electrons. The van der Waals surface area contributed by atoms with Crippen LogP contribution in [-0.4, -0.2) is 37.7 Å². The summed E-state index contributed by atoms with van der Waals surface area (Å²) in [5, 5.41) is 0. The van der Waals surface area contributed by atoms with Gasteiger partial charge >= 0.3 is 17.9 Å². The van der Waals surface area contributed by atoms with Crippen LogP contribution in [0.4, 0.5) is 0 Å². The first kappa shape index (κ1) is 34.2. The second-order valence-electron chi connectivity index (χ2n) is 17.6. The van der Waals surface area contributed by atoms with Crippen molar-refractivity contribution in [1.82, 2.24) is 0 Å². The van der Waals surface area contributed by atoms with Crippen molar-refractivity contribution in [3.05, 3.63) is 47.5 Å². The monoisotopic (exact) mass is 646 g/mol. The highest BCUT2D eigenvalue weighted by Crippen LogP contribution is 2.77. The molecule has 1 aromatic carbocycles. The maximum absolute atomic E-state index is 13.5. The number of carbonyl (C=O) groups is 3. The van der Waals surface area contributed by atoms with E-state index in [1.807, 2.05) is 0 Å². The average molecular weight is 647 g/mol. The molecule has 0 spiro atoms. The van der Waals surface area contributed by atoms with Crippen molar-refractivity contribution in [3.8, 4) is 0 Å². The highest BCUT2D eigenvalue weighted by atomic mass is 16.5. The lowest BCUT2D eigenvalue weighted by Gasteiger charge is -2.73. The van der Waals surface area contributed by atoms with Gasteiger partial charge in [0.1, 0.15) is 6.10 Å². The van der Waals surface area contributed by atoms with Gasteiger partial charge in [0.25, 0.3) is 0 Å². The van der Waals surface area contributed by atoms with Gasteiger partial charge in [0.2, 0.25) is 0 Å². The maximum Gasteiger partial charge on any atom is 0.339 e. The van der Waals surface area contributed by atoms with E-state index < -0.39 is 11.9 Å². The van der Waals surface area contributed by atoms with Crippen molar-refractivity contribution < 1.29 is 28.6 Å². The Morgan fingerprint density at radius 2 is 1.47 bits per heavy atom. The van der Waals surface area contributed by atoms with E-state index in [2.05, 4.69) is 48.1 Å². The number of hydrogen-bond acceptors (Lipinski definition) is 6. The normalized spacial score (nSPS) is 41.7. The Balaban J connectivity index is 1.29. The van der Waals surface area contributed by atoms with E-state index in [1.54, 1.807) is 31.2 Å². The zero-order valence-corrected chi connectivity index (χ0v) is 30.2. The summed E-state index contributed by atoms with van der Waals surface area (Å²) >= 11 is 0. The van der Waals surface area contributed by atoms with E-state index in [1.165, 1.54) is 38.4 Å². The Bertz CT molecular complexity index is 1440. The Morgan fingerprint density at radius 1 is 0.787 bits per heavy atom. The SMILES string of the molecule is C=C(C)[C@H]1CC[C@@]2(COC(=O)c3ccccc3C(=O)OC)CC[C@]3(C)C(CC[C@H]4[C@]5(C)CC[C@H](OC(C)=O)C(C)(C)[C@@H]5CC[C@]43C)[C@@H]12. The highest BCUT2D eigenvalue weighted by molar-refractivity contribution is 6.03. The summed E-state index contributed by atoms with van der Waals surface area (Å²) in [5.74, 6) is 1.39. The van der Waals surface area contributed by atoms with E-state index in [0.29, 0.717) is 36.2 Å². The number of carbonyl (C=O) groups excluding carboxylic acids is 3. The van der Waals surface area contributed by atoms with Gasteiger partial charge in [-0.3, -0.25) is 4.79 Å². The van der Waals surface area contributed by atoms with Gasteiger partial charge in [0.15, 0.2) is 0 Å². The number of esters is 3. The van der Waals surface area contributed by atoms with Gasteiger partial charge in [0, 0.05) is 17.8 Å². The first-order chi connectivity index (χ1) is 22.1. The molecule has 5 aliphatic rings. The average Bonchev–Trinajstić information content (AvgIpc) is 3.41. The molecule has 0 bridgehead atoms. The summed E-state index contributed by atoms with van der Waals surface area (Å²) in [6, 6.07) is 6.79. The van der Waals surface area contributed by atoms with Crippen LogP contribution in [0.25, 0.3) is 0 Å². The minimum absolute atomic E-state index is 0.0123. The quantitative estimate of drug-likeness (QED) is 0.174. The first-order valence-corrected chi connectivity index (χ1v) is 18.2. The van der Waals surface area contributed by atoms with Crippen molar-refractivity contribution in [2.24, 2.45) is 56.7 Å². The number of benzene rings is 1. The number of hydrogen-bond donors (Lipinski definition) is 0. The molecule has 5 aliphatic carbocycles. The predicted molar refractivity (Wildman–Crippen MR) is 183 cm³/mol. The first-order valence-electron chi connectivity index (χ1n) is 18.2. The third-order valence-corrected chi connectivity index (χ3v) is 15.5. The Kier molecular flexibility index (Phi) is 8.57. The molecule has 0 aromatic heterocycles. The van der Waals surface area contributed by atoms with Crippen molar-refractivity contribution in [2.75, 3.05) is 13.7 Å². The van der Waals surface area contributed by atoms with E-state index in [4.69, 9.17) is 14.2 Å². The van der Waals surface area contributed by atoms with Crippen LogP contribution in [0.5, 0.6) is 0 Å². The van der Waals surface area contributed by atoms with Crippen LogP contribution in [0.1, 0.15) is 133 Å². The molecule has 0 heterocycles. The molecule has 0 saturated heterocycles. The Morgan fingerprint density at radius 3 is 2.11 bits per heavy atom. The lowest BCUT2D eigenvalue weighted by Crippen LogP contribution is -2.67. The lowest BCUT2D eigenvalue weighted by atomic mass is 9.32. The Labute approximate surface area is 282 Å². The molecule has 5 saturated carbocycles. The molecular formula is C41H58O6. The van der Waals surface area contributed by atoms with Crippen molar-refractivity contribution in [3.63, 3.8) is 0 Å². The van der Waals surface area contributed by atoms with Gasteiger partial charge in [-0.2, -0.15) is 0 Å². The van der Waals surface area contributed by atoms with E-state index in [-0.39, 0.29) is 50.3 Å². The van der Waals surface area contributed by atoms with Gasteiger partial charge < -0.3 is 14.2 Å². The summed E-state index contributed by atoms with van der Waals surface area (Å²) in [6.07, 6.45) is 11.2. The van der Waals surface area contributed by atoms with Gasteiger partial charge in [-0.05, 0) is 129 Å². The van der Waals surface area contributed by atoms with Gasteiger partial charge in [0.05, 0.1) is 24.8 Å². The number of fused-ring (bicyclic) bond motifs is 7. The fourth-order valence-corrected chi connectivity index (χ4v) is 13.2. The maximum atomic E-state index is 13.5. The van der Waals surface area contributed by atoms with Crippen molar-refractivity contribution in [1.29, 1.82) is 0 Å². The van der Waals surface area contributed by atoms with Crippen molar-refractivity contribution >= 4 is 17.9 Å². The molecule has 6 rings (SSSR count). The molecule has 5 fully saturated rings. The van der Waals surface area contributed by atoms with Crippen LogP contribution in [0.2, 0.25) is 0 Å². The van der Waals surface area contributed by atoms with Crippen molar-refractivity contribution in [2.45, 2.75) is 119 Å².